The molecular weight excluding hydrogens is 372 g/mol. The number of aryl methyl sites for hydroxylation is 1. The molecule has 1 aliphatic rings. The topological polar surface area (TPSA) is 79.5 Å². The molecule has 1 aromatic heterocycles. The lowest BCUT2D eigenvalue weighted by Crippen LogP contribution is -2.48. The minimum absolute atomic E-state index is 0.286. The number of pyridine rings is 1. The van der Waals surface area contributed by atoms with Crippen molar-refractivity contribution >= 4 is 26.6 Å². The minimum Gasteiger partial charge on any atom is -0.399 e. The summed E-state index contributed by atoms with van der Waals surface area (Å²) >= 11 is 0. The number of benzene rings is 2. The summed E-state index contributed by atoms with van der Waals surface area (Å²) in [5.74, 6) is 0. The second-order valence-corrected chi connectivity index (χ2v) is 9.17. The highest BCUT2D eigenvalue weighted by Crippen LogP contribution is 2.25. The Hall–Kier alpha value is -2.48. The summed E-state index contributed by atoms with van der Waals surface area (Å²) in [6, 6.07) is 15.1. The van der Waals surface area contributed by atoms with Gasteiger partial charge in [0, 0.05) is 50.0 Å². The lowest BCUT2D eigenvalue weighted by molar-refractivity contribution is 0.181. The molecule has 0 aliphatic carbocycles. The van der Waals surface area contributed by atoms with E-state index in [0.717, 1.165) is 28.7 Å². The summed E-state index contributed by atoms with van der Waals surface area (Å²) in [5, 5.41) is 0.848. The van der Waals surface area contributed by atoms with Gasteiger partial charge in [-0.2, -0.15) is 4.31 Å². The maximum atomic E-state index is 13.2. The highest BCUT2D eigenvalue weighted by Gasteiger charge is 2.30. The number of nitrogens with zero attached hydrogens (tertiary/aromatic N) is 3. The molecule has 2 N–H and O–H groups in total. The number of hydrogen-bond donors (Lipinski definition) is 1. The monoisotopic (exact) mass is 396 g/mol. The standard InChI is InChI=1S/C21H24N4O2S/c1-16-12-18-5-3-7-20(21(18)23-14-16)28(26,27)25-10-8-24(9-11-25)15-17-4-2-6-19(22)13-17/h2-7,12-14H,8-11,15,22H2,1H3. The van der Waals surface area contributed by atoms with E-state index in [4.69, 9.17) is 5.73 Å². The van der Waals surface area contributed by atoms with Crippen LogP contribution in [0.3, 0.4) is 0 Å². The van der Waals surface area contributed by atoms with Gasteiger partial charge in [-0.25, -0.2) is 8.42 Å². The van der Waals surface area contributed by atoms with Crippen molar-refractivity contribution in [2.75, 3.05) is 31.9 Å². The maximum absolute atomic E-state index is 13.2. The largest absolute Gasteiger partial charge is 0.399 e. The zero-order valence-electron chi connectivity index (χ0n) is 15.9. The Labute approximate surface area is 165 Å². The highest BCUT2D eigenvalue weighted by molar-refractivity contribution is 7.89. The van der Waals surface area contributed by atoms with E-state index in [2.05, 4.69) is 9.88 Å². The number of nitrogen functional groups attached to an aromatic ring is 1. The van der Waals surface area contributed by atoms with Crippen LogP contribution in [0.1, 0.15) is 11.1 Å². The Morgan fingerprint density at radius 2 is 1.79 bits per heavy atom. The number of rotatable bonds is 4. The average molecular weight is 397 g/mol. The molecule has 3 aromatic rings. The number of para-hydroxylation sites is 1. The fraction of sp³-hybridized carbons (Fsp3) is 0.286. The predicted molar refractivity (Wildman–Crippen MR) is 111 cm³/mol. The van der Waals surface area contributed by atoms with Crippen LogP contribution in [0.2, 0.25) is 0 Å². The van der Waals surface area contributed by atoms with Gasteiger partial charge in [-0.05, 0) is 42.3 Å². The second kappa shape index (κ2) is 7.50. The highest BCUT2D eigenvalue weighted by atomic mass is 32.2. The van der Waals surface area contributed by atoms with E-state index in [0.29, 0.717) is 31.7 Å². The smallest absolute Gasteiger partial charge is 0.245 e. The molecular formula is C21H24N4O2S. The molecule has 1 saturated heterocycles. The molecule has 0 saturated carbocycles. The van der Waals surface area contributed by atoms with Crippen LogP contribution in [0.4, 0.5) is 5.69 Å². The predicted octanol–water partition coefficient (Wildman–Crippen LogP) is 2.63. The molecule has 0 bridgehead atoms. The van der Waals surface area contributed by atoms with Gasteiger partial charge in [-0.3, -0.25) is 9.88 Å². The van der Waals surface area contributed by atoms with Crippen molar-refractivity contribution in [2.24, 2.45) is 0 Å². The fourth-order valence-corrected chi connectivity index (χ4v) is 5.26. The minimum atomic E-state index is -3.58. The lowest BCUT2D eigenvalue weighted by Gasteiger charge is -2.34. The van der Waals surface area contributed by atoms with Crippen LogP contribution in [0, 0.1) is 6.92 Å². The van der Waals surface area contributed by atoms with Crippen LogP contribution in [0.5, 0.6) is 0 Å². The molecule has 4 rings (SSSR count). The van der Waals surface area contributed by atoms with E-state index >= 15 is 0 Å². The van der Waals surface area contributed by atoms with Crippen molar-refractivity contribution in [1.82, 2.24) is 14.2 Å². The zero-order chi connectivity index (χ0) is 19.7. The quantitative estimate of drug-likeness (QED) is 0.686. The van der Waals surface area contributed by atoms with Crippen LogP contribution in [-0.2, 0) is 16.6 Å². The number of piperazine rings is 1. The van der Waals surface area contributed by atoms with Crippen molar-refractivity contribution in [3.8, 4) is 0 Å². The summed E-state index contributed by atoms with van der Waals surface area (Å²) in [6.45, 7) is 5.03. The Morgan fingerprint density at radius 3 is 2.54 bits per heavy atom. The summed E-state index contributed by atoms with van der Waals surface area (Å²) < 4.78 is 28.1. The van der Waals surface area contributed by atoms with Gasteiger partial charge in [0.25, 0.3) is 0 Å². The van der Waals surface area contributed by atoms with Crippen molar-refractivity contribution in [2.45, 2.75) is 18.4 Å². The summed E-state index contributed by atoms with van der Waals surface area (Å²) in [6.07, 6.45) is 1.71. The molecule has 0 atom stereocenters. The van der Waals surface area contributed by atoms with E-state index in [1.807, 2.05) is 43.3 Å². The van der Waals surface area contributed by atoms with Gasteiger partial charge in [0.15, 0.2) is 0 Å². The van der Waals surface area contributed by atoms with Gasteiger partial charge in [-0.1, -0.05) is 24.3 Å². The van der Waals surface area contributed by atoms with Gasteiger partial charge in [0.1, 0.15) is 4.90 Å². The van der Waals surface area contributed by atoms with Crippen LogP contribution in [0.25, 0.3) is 10.9 Å². The van der Waals surface area contributed by atoms with Crippen molar-refractivity contribution < 1.29 is 8.42 Å². The molecule has 2 heterocycles. The first kappa shape index (κ1) is 18.9. The third-order valence-electron chi connectivity index (χ3n) is 5.12. The Morgan fingerprint density at radius 1 is 1.04 bits per heavy atom. The number of aromatic nitrogens is 1. The van der Waals surface area contributed by atoms with E-state index in [9.17, 15) is 8.42 Å². The Bertz CT molecular complexity index is 1110. The van der Waals surface area contributed by atoms with Crippen molar-refractivity contribution in [3.63, 3.8) is 0 Å². The van der Waals surface area contributed by atoms with Crippen LogP contribution >= 0.6 is 0 Å². The molecule has 0 radical (unpaired) electrons. The van der Waals surface area contributed by atoms with E-state index in [1.54, 1.807) is 22.6 Å². The molecule has 0 amide bonds. The molecule has 7 heteroatoms. The van der Waals surface area contributed by atoms with E-state index < -0.39 is 10.0 Å². The number of fused-ring (bicyclic) bond motifs is 1. The summed E-state index contributed by atoms with van der Waals surface area (Å²) in [5.41, 5.74) is 9.29. The van der Waals surface area contributed by atoms with Gasteiger partial charge >= 0.3 is 0 Å². The third kappa shape index (κ3) is 3.73. The molecule has 0 spiro atoms. The average Bonchev–Trinajstić information content (AvgIpc) is 2.68. The molecule has 146 valence electrons. The van der Waals surface area contributed by atoms with Gasteiger partial charge in [0.2, 0.25) is 10.0 Å². The molecule has 0 unspecified atom stereocenters. The third-order valence-corrected chi connectivity index (χ3v) is 7.05. The Balaban J connectivity index is 1.51. The van der Waals surface area contributed by atoms with Gasteiger partial charge in [-0.15, -0.1) is 0 Å². The fourth-order valence-electron chi connectivity index (χ4n) is 3.67. The maximum Gasteiger partial charge on any atom is 0.245 e. The van der Waals surface area contributed by atoms with Crippen molar-refractivity contribution in [3.05, 3.63) is 65.9 Å². The Kier molecular flexibility index (Phi) is 5.05. The van der Waals surface area contributed by atoms with Gasteiger partial charge < -0.3 is 5.73 Å². The molecule has 6 nitrogen and oxygen atoms in total. The lowest BCUT2D eigenvalue weighted by atomic mass is 10.2. The van der Waals surface area contributed by atoms with Gasteiger partial charge in [0.05, 0.1) is 5.52 Å². The summed E-state index contributed by atoms with van der Waals surface area (Å²) in [7, 11) is -3.58. The number of nitrogens with two attached hydrogens (primary N) is 1. The molecule has 28 heavy (non-hydrogen) atoms. The molecule has 2 aromatic carbocycles. The van der Waals surface area contributed by atoms with Crippen LogP contribution in [0.15, 0.2) is 59.6 Å². The molecule has 1 fully saturated rings. The molecule has 1 aliphatic heterocycles. The zero-order valence-corrected chi connectivity index (χ0v) is 16.7. The number of hydrogen-bond acceptors (Lipinski definition) is 5. The van der Waals surface area contributed by atoms with Crippen LogP contribution in [-0.4, -0.2) is 48.8 Å². The normalized spacial score (nSPS) is 16.5. The first-order valence-electron chi connectivity index (χ1n) is 9.36. The first-order chi connectivity index (χ1) is 13.4. The van der Waals surface area contributed by atoms with Crippen molar-refractivity contribution in [1.29, 1.82) is 0 Å². The second-order valence-electron chi connectivity index (χ2n) is 7.27. The summed E-state index contributed by atoms with van der Waals surface area (Å²) in [4.78, 5) is 6.93. The number of anilines is 1. The van der Waals surface area contributed by atoms with Crippen LogP contribution < -0.4 is 5.73 Å². The van der Waals surface area contributed by atoms with E-state index in [-0.39, 0.29) is 4.90 Å². The first-order valence-corrected chi connectivity index (χ1v) is 10.8. The SMILES string of the molecule is Cc1cnc2c(S(=O)(=O)N3CCN(Cc4cccc(N)c4)CC3)cccc2c1. The van der Waals surface area contributed by atoms with E-state index in [1.165, 1.54) is 0 Å². The number of sulfonamides is 1.